The lowest BCUT2D eigenvalue weighted by Gasteiger charge is -2.30. The molecule has 0 unspecified atom stereocenters. The maximum Gasteiger partial charge on any atom is 0.278 e. The Morgan fingerprint density at radius 3 is 2.36 bits per heavy atom. The molecule has 1 aliphatic carbocycles. The Labute approximate surface area is 152 Å². The Kier molecular flexibility index (Phi) is 5.45. The van der Waals surface area contributed by atoms with Gasteiger partial charge in [0.25, 0.3) is 11.8 Å². The molecule has 0 bridgehead atoms. The number of benzene rings is 1. The maximum absolute atomic E-state index is 13.1. The molecule has 2 amide bonds. The molecule has 1 aliphatic heterocycles. The smallest absolute Gasteiger partial charge is 0.278 e. The van der Waals surface area contributed by atoms with Crippen molar-refractivity contribution in [2.45, 2.75) is 38.1 Å². The maximum atomic E-state index is 13.1. The first-order valence-corrected chi connectivity index (χ1v) is 9.12. The summed E-state index contributed by atoms with van der Waals surface area (Å²) in [5.41, 5.74) is 1.45. The van der Waals surface area contributed by atoms with Gasteiger partial charge >= 0.3 is 0 Å². The Bertz CT molecular complexity index is 693. The molecule has 1 saturated carbocycles. The van der Waals surface area contributed by atoms with Crippen molar-refractivity contribution >= 4 is 29.0 Å². The summed E-state index contributed by atoms with van der Waals surface area (Å²) in [6, 6.07) is 6.93. The van der Waals surface area contributed by atoms with E-state index in [0.29, 0.717) is 28.4 Å². The second-order valence-electron chi connectivity index (χ2n) is 6.65. The summed E-state index contributed by atoms with van der Waals surface area (Å²) in [6.45, 7) is 0.211. The lowest BCUT2D eigenvalue weighted by atomic mass is 9.94. The molecule has 1 aromatic rings. The normalized spacial score (nSPS) is 19.1. The van der Waals surface area contributed by atoms with Crippen LogP contribution >= 0.6 is 11.6 Å². The number of aliphatic hydroxyl groups is 1. The average Bonchev–Trinajstić information content (AvgIpc) is 2.87. The molecule has 2 aliphatic rings. The lowest BCUT2D eigenvalue weighted by molar-refractivity contribution is -0.140. The topological polar surface area (TPSA) is 60.9 Å². The van der Waals surface area contributed by atoms with Gasteiger partial charge in [0.2, 0.25) is 0 Å². The highest BCUT2D eigenvalue weighted by atomic mass is 35.5. The summed E-state index contributed by atoms with van der Waals surface area (Å²) < 4.78 is 0. The third-order valence-electron chi connectivity index (χ3n) is 4.98. The van der Waals surface area contributed by atoms with Gasteiger partial charge in [-0.25, -0.2) is 0 Å². The quantitative estimate of drug-likeness (QED) is 0.818. The monoisotopic (exact) mass is 362 g/mol. The number of aliphatic hydroxyl groups excluding tert-OH is 1. The van der Waals surface area contributed by atoms with Gasteiger partial charge in [0.15, 0.2) is 0 Å². The number of amides is 2. The summed E-state index contributed by atoms with van der Waals surface area (Å²) in [7, 11) is 1.73. The molecule has 25 heavy (non-hydrogen) atoms. The van der Waals surface area contributed by atoms with E-state index in [0.717, 1.165) is 32.1 Å². The number of likely N-dealkylation sites (N-methyl/N-ethyl adjacent to an activating group) is 1. The molecule has 3 rings (SSSR count). The molecule has 0 radical (unpaired) electrons. The molecule has 0 spiro atoms. The third kappa shape index (κ3) is 3.44. The Balaban J connectivity index is 2.02. The predicted molar refractivity (Wildman–Crippen MR) is 96.8 cm³/mol. The van der Waals surface area contributed by atoms with Crippen molar-refractivity contribution in [3.05, 3.63) is 40.5 Å². The molecular formula is C19H23ClN2O3. The Morgan fingerprint density at radius 2 is 1.76 bits per heavy atom. The minimum absolute atomic E-state index is 0.0314. The second-order valence-corrected chi connectivity index (χ2v) is 7.08. The van der Waals surface area contributed by atoms with Gasteiger partial charge in [0, 0.05) is 24.7 Å². The van der Waals surface area contributed by atoms with Gasteiger partial charge < -0.3 is 10.0 Å². The van der Waals surface area contributed by atoms with Crippen molar-refractivity contribution in [1.29, 1.82) is 0 Å². The fraction of sp³-hybridized carbons (Fsp3) is 0.474. The van der Waals surface area contributed by atoms with E-state index in [1.165, 1.54) is 4.90 Å². The van der Waals surface area contributed by atoms with Crippen molar-refractivity contribution in [3.63, 3.8) is 0 Å². The number of rotatable bonds is 5. The van der Waals surface area contributed by atoms with Gasteiger partial charge in [0.05, 0.1) is 12.2 Å². The van der Waals surface area contributed by atoms with Crippen LogP contribution in [0.3, 0.4) is 0 Å². The van der Waals surface area contributed by atoms with Crippen LogP contribution in [0.25, 0.3) is 5.57 Å². The third-order valence-corrected chi connectivity index (χ3v) is 5.23. The highest BCUT2D eigenvalue weighted by Gasteiger charge is 2.44. The second kappa shape index (κ2) is 7.58. The van der Waals surface area contributed by atoms with Gasteiger partial charge in [0.1, 0.15) is 5.70 Å². The van der Waals surface area contributed by atoms with E-state index in [-0.39, 0.29) is 24.5 Å². The van der Waals surface area contributed by atoms with E-state index in [2.05, 4.69) is 0 Å². The minimum atomic E-state index is -0.252. The number of imide groups is 1. The molecule has 5 nitrogen and oxygen atoms in total. The fourth-order valence-electron chi connectivity index (χ4n) is 3.70. The number of carbonyl (C=O) groups is 2. The van der Waals surface area contributed by atoms with Gasteiger partial charge in [-0.05, 0) is 30.5 Å². The molecule has 0 aromatic heterocycles. The zero-order chi connectivity index (χ0) is 18.0. The summed E-state index contributed by atoms with van der Waals surface area (Å²) in [4.78, 5) is 29.3. The van der Waals surface area contributed by atoms with Gasteiger partial charge in [-0.15, -0.1) is 0 Å². The fourth-order valence-corrected chi connectivity index (χ4v) is 3.82. The van der Waals surface area contributed by atoms with Crippen LogP contribution in [-0.4, -0.2) is 53.0 Å². The first-order valence-electron chi connectivity index (χ1n) is 8.74. The average molecular weight is 363 g/mol. The van der Waals surface area contributed by atoms with Crippen LogP contribution < -0.4 is 0 Å². The van der Waals surface area contributed by atoms with E-state index in [4.69, 9.17) is 11.6 Å². The number of halogens is 1. The standard InChI is InChI=1S/C19H23ClN2O3/c1-21(11-12-23)17-16(13-7-9-14(20)10-8-13)18(24)22(19(17)25)15-5-3-2-4-6-15/h7-10,15,23H,2-6,11-12H2,1H3. The highest BCUT2D eigenvalue weighted by Crippen LogP contribution is 2.35. The molecule has 1 heterocycles. The SMILES string of the molecule is CN(CCO)C1=C(c2ccc(Cl)cc2)C(=O)N(C2CCCCC2)C1=O. The molecule has 6 heteroatoms. The first-order chi connectivity index (χ1) is 12.0. The van der Waals surface area contributed by atoms with Crippen LogP contribution in [-0.2, 0) is 9.59 Å². The molecule has 1 N–H and O–H groups in total. The van der Waals surface area contributed by atoms with E-state index in [1.807, 2.05) is 0 Å². The van der Waals surface area contributed by atoms with Crippen molar-refractivity contribution in [1.82, 2.24) is 9.80 Å². The zero-order valence-electron chi connectivity index (χ0n) is 14.4. The molecule has 134 valence electrons. The first kappa shape index (κ1) is 18.0. The number of carbonyl (C=O) groups excluding carboxylic acids is 2. The largest absolute Gasteiger partial charge is 0.395 e. The number of nitrogens with zero attached hydrogens (tertiary/aromatic N) is 2. The molecule has 0 atom stereocenters. The van der Waals surface area contributed by atoms with Crippen molar-refractivity contribution in [2.75, 3.05) is 20.2 Å². The number of hydrogen-bond acceptors (Lipinski definition) is 4. The van der Waals surface area contributed by atoms with E-state index in [1.54, 1.807) is 36.2 Å². The Morgan fingerprint density at radius 1 is 1.12 bits per heavy atom. The van der Waals surface area contributed by atoms with Gasteiger partial charge in [-0.3, -0.25) is 14.5 Å². The van der Waals surface area contributed by atoms with Crippen LogP contribution in [0, 0.1) is 0 Å². The zero-order valence-corrected chi connectivity index (χ0v) is 15.1. The van der Waals surface area contributed by atoms with Gasteiger partial charge in [-0.2, -0.15) is 0 Å². The van der Waals surface area contributed by atoms with Crippen LogP contribution in [0.4, 0.5) is 0 Å². The summed E-state index contributed by atoms with van der Waals surface area (Å²) in [5.74, 6) is -0.489. The van der Waals surface area contributed by atoms with E-state index >= 15 is 0 Å². The minimum Gasteiger partial charge on any atom is -0.395 e. The summed E-state index contributed by atoms with van der Waals surface area (Å²) in [5, 5.41) is 9.84. The molecule has 0 saturated heterocycles. The van der Waals surface area contributed by atoms with Crippen molar-refractivity contribution in [2.24, 2.45) is 0 Å². The van der Waals surface area contributed by atoms with Crippen molar-refractivity contribution in [3.8, 4) is 0 Å². The Hall–Kier alpha value is -1.85. The van der Waals surface area contributed by atoms with Crippen LogP contribution in [0.15, 0.2) is 30.0 Å². The van der Waals surface area contributed by atoms with E-state index < -0.39 is 0 Å². The number of hydrogen-bond donors (Lipinski definition) is 1. The van der Waals surface area contributed by atoms with Crippen LogP contribution in [0.1, 0.15) is 37.7 Å². The van der Waals surface area contributed by atoms with Crippen LogP contribution in [0.5, 0.6) is 0 Å². The summed E-state index contributed by atoms with van der Waals surface area (Å²) in [6.07, 6.45) is 4.96. The highest BCUT2D eigenvalue weighted by molar-refractivity contribution is 6.36. The molecular weight excluding hydrogens is 340 g/mol. The molecule has 1 fully saturated rings. The van der Waals surface area contributed by atoms with Crippen LogP contribution in [0.2, 0.25) is 5.02 Å². The molecule has 1 aromatic carbocycles. The summed E-state index contributed by atoms with van der Waals surface area (Å²) >= 11 is 5.96. The lowest BCUT2D eigenvalue weighted by Crippen LogP contribution is -2.43. The predicted octanol–water partition coefficient (Wildman–Crippen LogP) is 2.68. The van der Waals surface area contributed by atoms with Crippen molar-refractivity contribution < 1.29 is 14.7 Å². The van der Waals surface area contributed by atoms with E-state index in [9.17, 15) is 14.7 Å². The van der Waals surface area contributed by atoms with Gasteiger partial charge in [-0.1, -0.05) is 43.0 Å².